The van der Waals surface area contributed by atoms with Gasteiger partial charge in [0.15, 0.2) is 0 Å². The summed E-state index contributed by atoms with van der Waals surface area (Å²) in [5.41, 5.74) is 2.56. The van der Waals surface area contributed by atoms with Crippen LogP contribution in [0.25, 0.3) is 11.1 Å². The smallest absolute Gasteiger partial charge is 0.424 e. The molecular formula is C23H19F3N4O3. The van der Waals surface area contributed by atoms with Crippen molar-refractivity contribution < 1.29 is 27.4 Å². The first-order valence-corrected chi connectivity index (χ1v) is 10.0. The molecule has 0 saturated carbocycles. The molecule has 1 fully saturated rings. The van der Waals surface area contributed by atoms with Gasteiger partial charge in [0.25, 0.3) is 0 Å². The van der Waals surface area contributed by atoms with Crippen LogP contribution in [0.3, 0.4) is 0 Å². The molecule has 1 aliphatic heterocycles. The predicted octanol–water partition coefficient (Wildman–Crippen LogP) is 4.42. The second-order valence-corrected chi connectivity index (χ2v) is 7.48. The first-order chi connectivity index (χ1) is 15.8. The highest BCUT2D eigenvalue weighted by Crippen LogP contribution is 2.28. The Morgan fingerprint density at radius 3 is 2.52 bits per heavy atom. The van der Waals surface area contributed by atoms with Crippen molar-refractivity contribution in [2.24, 2.45) is 5.92 Å². The van der Waals surface area contributed by atoms with Crippen LogP contribution >= 0.6 is 0 Å². The van der Waals surface area contributed by atoms with Gasteiger partial charge in [0.1, 0.15) is 11.5 Å². The van der Waals surface area contributed by atoms with E-state index >= 15 is 0 Å². The van der Waals surface area contributed by atoms with Crippen LogP contribution in [0.5, 0.6) is 17.5 Å². The number of aromatic nitrogens is 3. The number of carbonyl (C=O) groups is 1. The molecule has 33 heavy (non-hydrogen) atoms. The van der Waals surface area contributed by atoms with E-state index in [1.54, 1.807) is 29.7 Å². The molecule has 0 spiro atoms. The summed E-state index contributed by atoms with van der Waals surface area (Å²) >= 11 is 0. The van der Waals surface area contributed by atoms with Gasteiger partial charge in [-0.15, -0.1) is 13.2 Å². The standard InChI is InChI=1S/C23H19F3N4O3/c1-2-21(31)30-13-16(14-30)6-15-7-17(10-27-9-15)18-11-28-22(29-12-18)32-19-4-3-5-20(8-19)33-23(24,25)26/h2-5,7-12,16H,1,6,13-14H2. The number of amides is 1. The minimum absolute atomic E-state index is 0.0199. The third kappa shape index (κ3) is 5.85. The number of likely N-dealkylation sites (tertiary alicyclic amines) is 1. The topological polar surface area (TPSA) is 77.4 Å². The quantitative estimate of drug-likeness (QED) is 0.490. The number of hydrogen-bond acceptors (Lipinski definition) is 6. The van der Waals surface area contributed by atoms with Crippen molar-refractivity contribution in [3.8, 4) is 28.6 Å². The molecule has 0 N–H and O–H groups in total. The highest BCUT2D eigenvalue weighted by Gasteiger charge is 2.31. The molecule has 0 aliphatic carbocycles. The van der Waals surface area contributed by atoms with Crippen LogP contribution < -0.4 is 9.47 Å². The molecule has 4 rings (SSSR count). The Morgan fingerprint density at radius 1 is 1.09 bits per heavy atom. The molecule has 10 heteroatoms. The third-order valence-corrected chi connectivity index (χ3v) is 4.97. The molecule has 0 bridgehead atoms. The molecule has 170 valence electrons. The molecule has 2 aromatic heterocycles. The van der Waals surface area contributed by atoms with Crippen molar-refractivity contribution in [3.63, 3.8) is 0 Å². The average molecular weight is 456 g/mol. The van der Waals surface area contributed by atoms with Crippen LogP contribution in [-0.2, 0) is 11.2 Å². The number of rotatable bonds is 7. The van der Waals surface area contributed by atoms with E-state index in [-0.39, 0.29) is 17.7 Å². The minimum atomic E-state index is -4.79. The van der Waals surface area contributed by atoms with Crippen molar-refractivity contribution >= 4 is 5.91 Å². The number of ether oxygens (including phenoxy) is 2. The molecule has 3 heterocycles. The van der Waals surface area contributed by atoms with Crippen LogP contribution in [0.15, 0.2) is 67.8 Å². The summed E-state index contributed by atoms with van der Waals surface area (Å²) in [6.07, 6.45) is 3.89. The van der Waals surface area contributed by atoms with E-state index in [0.717, 1.165) is 23.6 Å². The monoisotopic (exact) mass is 456 g/mol. The van der Waals surface area contributed by atoms with Gasteiger partial charge in [-0.3, -0.25) is 9.78 Å². The average Bonchev–Trinajstić information content (AvgIpc) is 2.75. The van der Waals surface area contributed by atoms with Crippen LogP contribution in [0.1, 0.15) is 5.56 Å². The lowest BCUT2D eigenvalue weighted by Crippen LogP contribution is -2.50. The zero-order chi connectivity index (χ0) is 23.4. The van der Waals surface area contributed by atoms with Crippen LogP contribution in [0.2, 0.25) is 0 Å². The number of hydrogen-bond donors (Lipinski definition) is 0. The van der Waals surface area contributed by atoms with Crippen LogP contribution in [-0.4, -0.2) is 45.2 Å². The number of carbonyl (C=O) groups excluding carboxylic acids is 1. The maximum absolute atomic E-state index is 12.4. The Bertz CT molecular complexity index is 1150. The van der Waals surface area contributed by atoms with Gasteiger partial charge in [-0.05, 0) is 42.2 Å². The summed E-state index contributed by atoms with van der Waals surface area (Å²) in [5, 5.41) is 0. The van der Waals surface area contributed by atoms with Gasteiger partial charge >= 0.3 is 12.4 Å². The summed E-state index contributed by atoms with van der Waals surface area (Å²) in [6.45, 7) is 4.88. The fourth-order valence-electron chi connectivity index (χ4n) is 3.46. The van der Waals surface area contributed by atoms with Crippen molar-refractivity contribution in [1.29, 1.82) is 0 Å². The molecular weight excluding hydrogens is 437 g/mol. The molecule has 0 atom stereocenters. The Hall–Kier alpha value is -3.95. The van der Waals surface area contributed by atoms with Crippen molar-refractivity contribution in [1.82, 2.24) is 19.9 Å². The van der Waals surface area contributed by atoms with Crippen LogP contribution in [0.4, 0.5) is 13.2 Å². The normalized spacial score (nSPS) is 13.8. The number of pyridine rings is 1. The third-order valence-electron chi connectivity index (χ3n) is 4.97. The van der Waals surface area contributed by atoms with Crippen LogP contribution in [0, 0.1) is 5.92 Å². The van der Waals surface area contributed by atoms with E-state index in [4.69, 9.17) is 4.74 Å². The van der Waals surface area contributed by atoms with E-state index in [1.165, 1.54) is 24.3 Å². The summed E-state index contributed by atoms with van der Waals surface area (Å²) in [6, 6.07) is 7.08. The summed E-state index contributed by atoms with van der Waals surface area (Å²) in [5.74, 6) is 0.0212. The molecule has 7 nitrogen and oxygen atoms in total. The fraction of sp³-hybridized carbons (Fsp3) is 0.217. The van der Waals surface area contributed by atoms with E-state index in [0.29, 0.717) is 24.6 Å². The number of alkyl halides is 3. The van der Waals surface area contributed by atoms with E-state index in [1.807, 2.05) is 6.07 Å². The molecule has 3 aromatic rings. The number of halogens is 3. The lowest BCUT2D eigenvalue weighted by atomic mass is 9.92. The number of benzene rings is 1. The SMILES string of the molecule is C=CC(=O)N1CC(Cc2cncc(-c3cnc(Oc4cccc(OC(F)(F)F)c4)nc3)c2)C1. The van der Waals surface area contributed by atoms with Gasteiger partial charge < -0.3 is 14.4 Å². The molecule has 1 aromatic carbocycles. The fourth-order valence-corrected chi connectivity index (χ4v) is 3.46. The van der Waals surface area contributed by atoms with Gasteiger partial charge in [0.05, 0.1) is 0 Å². The Balaban J connectivity index is 1.39. The largest absolute Gasteiger partial charge is 0.573 e. The Kier molecular flexibility index (Phi) is 6.25. The zero-order valence-corrected chi connectivity index (χ0v) is 17.3. The molecule has 0 unspecified atom stereocenters. The second kappa shape index (κ2) is 9.27. The van der Waals surface area contributed by atoms with Gasteiger partial charge in [-0.25, -0.2) is 9.97 Å². The van der Waals surface area contributed by atoms with Gasteiger partial charge in [0.2, 0.25) is 5.91 Å². The molecule has 1 aliphatic rings. The lowest BCUT2D eigenvalue weighted by molar-refractivity contribution is -0.274. The highest BCUT2D eigenvalue weighted by atomic mass is 19.4. The summed E-state index contributed by atoms with van der Waals surface area (Å²) < 4.78 is 46.5. The Morgan fingerprint density at radius 2 is 1.82 bits per heavy atom. The van der Waals surface area contributed by atoms with Gasteiger partial charge in [-0.2, -0.15) is 0 Å². The van der Waals surface area contributed by atoms with Gasteiger partial charge in [0, 0.05) is 55.1 Å². The van der Waals surface area contributed by atoms with Crippen molar-refractivity contribution in [3.05, 3.63) is 73.3 Å². The maximum Gasteiger partial charge on any atom is 0.573 e. The van der Waals surface area contributed by atoms with E-state index < -0.39 is 12.1 Å². The molecule has 1 saturated heterocycles. The van der Waals surface area contributed by atoms with Gasteiger partial charge in [-0.1, -0.05) is 12.6 Å². The second-order valence-electron chi connectivity index (χ2n) is 7.48. The summed E-state index contributed by atoms with van der Waals surface area (Å²) in [7, 11) is 0. The summed E-state index contributed by atoms with van der Waals surface area (Å²) in [4.78, 5) is 25.9. The minimum Gasteiger partial charge on any atom is -0.424 e. The predicted molar refractivity (Wildman–Crippen MR) is 112 cm³/mol. The van der Waals surface area contributed by atoms with Crippen molar-refractivity contribution in [2.45, 2.75) is 12.8 Å². The highest BCUT2D eigenvalue weighted by molar-refractivity contribution is 5.87. The van der Waals surface area contributed by atoms with E-state index in [9.17, 15) is 18.0 Å². The Labute approximate surface area is 187 Å². The number of nitrogens with zero attached hydrogens (tertiary/aromatic N) is 4. The van der Waals surface area contributed by atoms with Crippen molar-refractivity contribution in [2.75, 3.05) is 13.1 Å². The first kappa shape index (κ1) is 22.3. The molecule has 0 radical (unpaired) electrons. The molecule has 1 amide bonds. The maximum atomic E-state index is 12.4. The lowest BCUT2D eigenvalue weighted by Gasteiger charge is -2.38. The zero-order valence-electron chi connectivity index (χ0n) is 17.3. The van der Waals surface area contributed by atoms with E-state index in [2.05, 4.69) is 26.3 Å². The first-order valence-electron chi connectivity index (χ1n) is 10.0.